The Hall–Kier alpha value is -3.42. The van der Waals surface area contributed by atoms with Gasteiger partial charge in [-0.1, -0.05) is 6.92 Å². The average molecular weight is 352 g/mol. The topological polar surface area (TPSA) is 97.5 Å². The van der Waals surface area contributed by atoms with Crippen molar-refractivity contribution in [3.8, 4) is 17.3 Å². The highest BCUT2D eigenvalue weighted by atomic mass is 16.5. The van der Waals surface area contributed by atoms with Gasteiger partial charge in [-0.05, 0) is 31.0 Å². The minimum absolute atomic E-state index is 0.0968. The number of hydrazone groups is 1. The van der Waals surface area contributed by atoms with E-state index in [-0.39, 0.29) is 5.75 Å². The molecule has 3 aromatic rings. The molecule has 1 aromatic carbocycles. The van der Waals surface area contributed by atoms with Crippen LogP contribution in [-0.2, 0) is 0 Å². The summed E-state index contributed by atoms with van der Waals surface area (Å²) in [5.41, 5.74) is 4.43. The molecular formula is C18H20N6O2. The third-order valence-corrected chi connectivity index (χ3v) is 3.46. The molecule has 0 saturated carbocycles. The minimum atomic E-state index is 0.0968. The number of nitrogens with zero attached hydrogens (tertiary/aromatic N) is 5. The lowest BCUT2D eigenvalue weighted by molar-refractivity contribution is 0.315. The van der Waals surface area contributed by atoms with E-state index in [1.807, 2.05) is 20.0 Å². The Bertz CT molecular complexity index is 906. The predicted molar refractivity (Wildman–Crippen MR) is 99.0 cm³/mol. The number of hydrogen-bond donors (Lipinski definition) is 2. The summed E-state index contributed by atoms with van der Waals surface area (Å²) in [6, 6.07) is 6.83. The van der Waals surface area contributed by atoms with Crippen LogP contribution in [0.3, 0.4) is 0 Å². The van der Waals surface area contributed by atoms with Crippen molar-refractivity contribution in [1.82, 2.24) is 19.7 Å². The van der Waals surface area contributed by atoms with Gasteiger partial charge in [0.05, 0.1) is 19.0 Å². The van der Waals surface area contributed by atoms with Crippen LogP contribution in [0.5, 0.6) is 11.5 Å². The number of aromatic hydroxyl groups is 1. The molecule has 0 bridgehead atoms. The monoisotopic (exact) mass is 352 g/mol. The van der Waals surface area contributed by atoms with E-state index in [0.717, 1.165) is 12.0 Å². The number of ether oxygens (including phenoxy) is 1. The fourth-order valence-electron chi connectivity index (χ4n) is 2.18. The van der Waals surface area contributed by atoms with Gasteiger partial charge in [0, 0.05) is 23.9 Å². The first-order valence-corrected chi connectivity index (χ1v) is 8.24. The smallest absolute Gasteiger partial charge is 0.158 e. The van der Waals surface area contributed by atoms with Gasteiger partial charge in [-0.3, -0.25) is 5.43 Å². The summed E-state index contributed by atoms with van der Waals surface area (Å²) in [4.78, 5) is 8.29. The second-order valence-electron chi connectivity index (χ2n) is 5.66. The molecule has 0 aliphatic carbocycles. The van der Waals surface area contributed by atoms with Crippen LogP contribution in [0, 0.1) is 6.92 Å². The maximum atomic E-state index is 10.0. The van der Waals surface area contributed by atoms with E-state index >= 15 is 0 Å². The zero-order chi connectivity index (χ0) is 18.4. The van der Waals surface area contributed by atoms with Crippen LogP contribution in [0.4, 0.5) is 5.82 Å². The fourth-order valence-corrected chi connectivity index (χ4v) is 2.18. The number of aryl methyl sites for hydroxylation is 1. The van der Waals surface area contributed by atoms with Crippen LogP contribution in [-0.4, -0.2) is 37.7 Å². The van der Waals surface area contributed by atoms with Crippen molar-refractivity contribution >= 4 is 12.0 Å². The Labute approximate surface area is 151 Å². The molecule has 26 heavy (non-hydrogen) atoms. The lowest BCUT2D eigenvalue weighted by atomic mass is 10.2. The van der Waals surface area contributed by atoms with E-state index in [0.29, 0.717) is 29.6 Å². The van der Waals surface area contributed by atoms with Gasteiger partial charge in [-0.15, -0.1) is 0 Å². The Morgan fingerprint density at radius 3 is 2.92 bits per heavy atom. The number of hydrogen-bond acceptors (Lipinski definition) is 7. The molecule has 0 saturated heterocycles. The molecule has 8 heteroatoms. The van der Waals surface area contributed by atoms with E-state index in [1.54, 1.807) is 35.1 Å². The van der Waals surface area contributed by atoms with Crippen molar-refractivity contribution in [2.24, 2.45) is 5.10 Å². The van der Waals surface area contributed by atoms with Crippen LogP contribution in [0.15, 0.2) is 48.1 Å². The maximum Gasteiger partial charge on any atom is 0.158 e. The third kappa shape index (κ3) is 4.35. The number of benzene rings is 1. The van der Waals surface area contributed by atoms with Crippen molar-refractivity contribution in [2.75, 3.05) is 12.0 Å². The summed E-state index contributed by atoms with van der Waals surface area (Å²) < 4.78 is 7.14. The SMILES string of the molecule is CCCOc1ccc(C=NNc2cc(-n3cc(C)cn3)ncn2)c(O)c1. The van der Waals surface area contributed by atoms with Crippen LogP contribution in [0.1, 0.15) is 24.5 Å². The molecule has 134 valence electrons. The van der Waals surface area contributed by atoms with Gasteiger partial charge in [-0.2, -0.15) is 10.2 Å². The van der Waals surface area contributed by atoms with E-state index in [4.69, 9.17) is 4.74 Å². The molecule has 0 unspecified atom stereocenters. The van der Waals surface area contributed by atoms with Crippen LogP contribution >= 0.6 is 0 Å². The van der Waals surface area contributed by atoms with E-state index in [9.17, 15) is 5.11 Å². The molecule has 0 spiro atoms. The molecule has 2 heterocycles. The summed E-state index contributed by atoms with van der Waals surface area (Å²) in [7, 11) is 0. The molecule has 2 N–H and O–H groups in total. The maximum absolute atomic E-state index is 10.0. The first-order valence-electron chi connectivity index (χ1n) is 8.24. The predicted octanol–water partition coefficient (Wildman–Crippen LogP) is 2.91. The van der Waals surface area contributed by atoms with E-state index < -0.39 is 0 Å². The zero-order valence-corrected chi connectivity index (χ0v) is 14.6. The number of anilines is 1. The number of phenolic OH excluding ortho intramolecular Hbond substituents is 1. The normalized spacial score (nSPS) is 11.0. The van der Waals surface area contributed by atoms with Gasteiger partial charge in [0.1, 0.15) is 17.8 Å². The average Bonchev–Trinajstić information content (AvgIpc) is 3.08. The van der Waals surface area contributed by atoms with Gasteiger partial charge < -0.3 is 9.84 Å². The number of rotatable bonds is 7. The number of nitrogens with one attached hydrogen (secondary N) is 1. The van der Waals surface area contributed by atoms with E-state index in [1.165, 1.54) is 12.5 Å². The summed E-state index contributed by atoms with van der Waals surface area (Å²) in [5.74, 6) is 1.87. The summed E-state index contributed by atoms with van der Waals surface area (Å²) in [6.45, 7) is 4.60. The second-order valence-corrected chi connectivity index (χ2v) is 5.66. The first kappa shape index (κ1) is 17.4. The number of aromatic nitrogens is 4. The van der Waals surface area contributed by atoms with Crippen LogP contribution in [0.2, 0.25) is 0 Å². The largest absolute Gasteiger partial charge is 0.507 e. The first-order chi connectivity index (χ1) is 12.7. The van der Waals surface area contributed by atoms with Crippen molar-refractivity contribution in [3.63, 3.8) is 0 Å². The lowest BCUT2D eigenvalue weighted by Crippen LogP contribution is -2.01. The molecular weight excluding hydrogens is 332 g/mol. The summed E-state index contributed by atoms with van der Waals surface area (Å²) >= 11 is 0. The Morgan fingerprint density at radius 1 is 1.31 bits per heavy atom. The van der Waals surface area contributed by atoms with Gasteiger partial charge in [-0.25, -0.2) is 14.6 Å². The molecule has 0 fully saturated rings. The molecule has 2 aromatic heterocycles. The fraction of sp³-hybridized carbons (Fsp3) is 0.222. The Balaban J connectivity index is 1.67. The van der Waals surface area contributed by atoms with Gasteiger partial charge in [0.15, 0.2) is 11.6 Å². The quantitative estimate of drug-likeness (QED) is 0.501. The highest BCUT2D eigenvalue weighted by Crippen LogP contribution is 2.22. The summed E-state index contributed by atoms with van der Waals surface area (Å²) in [6.07, 6.45) is 7.48. The molecule has 0 aliphatic rings. The number of phenols is 1. The highest BCUT2D eigenvalue weighted by Gasteiger charge is 2.03. The van der Waals surface area contributed by atoms with Crippen molar-refractivity contribution in [2.45, 2.75) is 20.3 Å². The molecule has 0 aliphatic heterocycles. The Kier molecular flexibility index (Phi) is 5.43. The lowest BCUT2D eigenvalue weighted by Gasteiger charge is -2.06. The molecule has 0 atom stereocenters. The molecule has 0 radical (unpaired) electrons. The Morgan fingerprint density at radius 2 is 2.19 bits per heavy atom. The van der Waals surface area contributed by atoms with Crippen molar-refractivity contribution < 1.29 is 9.84 Å². The highest BCUT2D eigenvalue weighted by molar-refractivity contribution is 5.84. The minimum Gasteiger partial charge on any atom is -0.507 e. The molecule has 3 rings (SSSR count). The van der Waals surface area contributed by atoms with Crippen molar-refractivity contribution in [1.29, 1.82) is 0 Å². The van der Waals surface area contributed by atoms with Crippen LogP contribution in [0.25, 0.3) is 5.82 Å². The van der Waals surface area contributed by atoms with Crippen molar-refractivity contribution in [3.05, 3.63) is 54.1 Å². The summed E-state index contributed by atoms with van der Waals surface area (Å²) in [5, 5.41) is 18.4. The van der Waals surface area contributed by atoms with Gasteiger partial charge >= 0.3 is 0 Å². The molecule has 0 amide bonds. The molecule has 8 nitrogen and oxygen atoms in total. The van der Waals surface area contributed by atoms with Gasteiger partial charge in [0.25, 0.3) is 0 Å². The standard InChI is InChI=1S/C18H20N6O2/c1-3-6-26-15-5-4-14(16(25)7-15)10-21-23-17-8-18(20-12-19-17)24-11-13(2)9-22-24/h4-5,7-12,25H,3,6H2,1-2H3,(H,19,20,23). The van der Waals surface area contributed by atoms with Crippen LogP contribution < -0.4 is 10.2 Å². The van der Waals surface area contributed by atoms with E-state index in [2.05, 4.69) is 25.6 Å². The second kappa shape index (κ2) is 8.11. The van der Waals surface area contributed by atoms with Gasteiger partial charge in [0.2, 0.25) is 0 Å². The third-order valence-electron chi connectivity index (χ3n) is 3.46. The zero-order valence-electron chi connectivity index (χ0n) is 14.6.